The summed E-state index contributed by atoms with van der Waals surface area (Å²) < 4.78 is 12.2. The van der Waals surface area contributed by atoms with E-state index < -0.39 is 46.8 Å². The SMILES string of the molecule is CC1(CCCN=[N+]=[N-])OCC(CSCCC(=O)ON2C(=O)CCC2=O)(CSCCC(=O)ON2C(=O)CCC2=O)CO1. The predicted octanol–water partition coefficient (Wildman–Crippen LogP) is 2.29. The number of azide groups is 1. The molecular weight excluding hydrogens is 582 g/mol. The molecule has 4 amide bonds. The van der Waals surface area contributed by atoms with Gasteiger partial charge in [0.15, 0.2) is 5.79 Å². The lowest BCUT2D eigenvalue weighted by molar-refractivity contribution is -0.290. The average Bonchev–Trinajstić information content (AvgIpc) is 3.43. The van der Waals surface area contributed by atoms with Gasteiger partial charge >= 0.3 is 11.9 Å². The summed E-state index contributed by atoms with van der Waals surface area (Å²) in [7, 11) is 0. The summed E-state index contributed by atoms with van der Waals surface area (Å²) >= 11 is 2.93. The van der Waals surface area contributed by atoms with E-state index in [0.29, 0.717) is 65.7 Å². The fourth-order valence-corrected chi connectivity index (χ4v) is 6.51. The van der Waals surface area contributed by atoms with Crippen LogP contribution in [0.25, 0.3) is 10.4 Å². The van der Waals surface area contributed by atoms with Gasteiger partial charge in [0.2, 0.25) is 0 Å². The third-order valence-corrected chi connectivity index (χ3v) is 9.05. The van der Waals surface area contributed by atoms with Crippen molar-refractivity contribution in [2.24, 2.45) is 10.5 Å². The number of carbonyl (C=O) groups is 6. The molecule has 0 aliphatic carbocycles. The molecular formula is C24H33N5O10S2. The number of hydroxylamine groups is 4. The summed E-state index contributed by atoms with van der Waals surface area (Å²) in [5.74, 6) is -2.51. The molecule has 3 rings (SSSR count). The molecule has 15 nitrogen and oxygen atoms in total. The van der Waals surface area contributed by atoms with Crippen LogP contribution in [0.4, 0.5) is 0 Å². The Hall–Kier alpha value is -2.85. The fourth-order valence-electron chi connectivity index (χ4n) is 4.06. The van der Waals surface area contributed by atoms with Crippen molar-refractivity contribution < 1.29 is 47.9 Å². The number of amides is 4. The van der Waals surface area contributed by atoms with Crippen molar-refractivity contribution in [1.29, 1.82) is 0 Å². The van der Waals surface area contributed by atoms with Crippen LogP contribution in [-0.4, -0.2) is 94.3 Å². The molecule has 0 radical (unpaired) electrons. The Morgan fingerprint density at radius 1 is 0.878 bits per heavy atom. The van der Waals surface area contributed by atoms with Crippen LogP contribution in [-0.2, 0) is 47.9 Å². The van der Waals surface area contributed by atoms with Gasteiger partial charge in [-0.25, -0.2) is 9.59 Å². The highest BCUT2D eigenvalue weighted by Crippen LogP contribution is 2.38. The normalized spacial score (nSPS) is 19.8. The van der Waals surface area contributed by atoms with Crippen molar-refractivity contribution in [2.75, 3.05) is 42.8 Å². The van der Waals surface area contributed by atoms with Gasteiger partial charge in [0.25, 0.3) is 23.6 Å². The number of hydrogen-bond donors (Lipinski definition) is 0. The monoisotopic (exact) mass is 615 g/mol. The molecule has 0 aromatic rings. The molecule has 0 spiro atoms. The van der Waals surface area contributed by atoms with Gasteiger partial charge in [0.1, 0.15) is 0 Å². The molecule has 3 aliphatic rings. The number of rotatable bonds is 16. The second-order valence-electron chi connectivity index (χ2n) is 9.96. The molecule has 226 valence electrons. The Balaban J connectivity index is 1.47. The summed E-state index contributed by atoms with van der Waals surface area (Å²) in [6.45, 7) is 2.83. The van der Waals surface area contributed by atoms with Crippen molar-refractivity contribution >= 4 is 59.1 Å². The number of carbonyl (C=O) groups excluding carboxylic acids is 6. The average molecular weight is 616 g/mol. The summed E-state index contributed by atoms with van der Waals surface area (Å²) in [5, 5.41) is 4.58. The lowest BCUT2D eigenvalue weighted by atomic mass is 9.93. The highest BCUT2D eigenvalue weighted by Gasteiger charge is 2.42. The first-order valence-corrected chi connectivity index (χ1v) is 15.4. The minimum Gasteiger partial charge on any atom is -0.350 e. The van der Waals surface area contributed by atoms with E-state index >= 15 is 0 Å². The van der Waals surface area contributed by atoms with Gasteiger partial charge in [-0.3, -0.25) is 19.2 Å². The molecule has 0 atom stereocenters. The molecule has 3 aliphatic heterocycles. The lowest BCUT2D eigenvalue weighted by Gasteiger charge is -2.45. The zero-order valence-electron chi connectivity index (χ0n) is 22.7. The maximum atomic E-state index is 12.1. The molecule has 3 heterocycles. The van der Waals surface area contributed by atoms with Gasteiger partial charge in [-0.05, 0) is 18.9 Å². The van der Waals surface area contributed by atoms with Crippen LogP contribution in [0.2, 0.25) is 0 Å². The van der Waals surface area contributed by atoms with Gasteiger partial charge < -0.3 is 19.1 Å². The summed E-state index contributed by atoms with van der Waals surface area (Å²) in [4.78, 5) is 83.4. The Labute approximate surface area is 244 Å². The first-order chi connectivity index (χ1) is 19.6. The predicted molar refractivity (Wildman–Crippen MR) is 144 cm³/mol. The van der Waals surface area contributed by atoms with E-state index in [4.69, 9.17) is 24.7 Å². The Bertz CT molecular complexity index is 983. The molecule has 0 aromatic heterocycles. The Morgan fingerprint density at radius 2 is 1.32 bits per heavy atom. The number of thioether (sulfide) groups is 2. The molecule has 3 saturated heterocycles. The maximum absolute atomic E-state index is 12.1. The zero-order valence-corrected chi connectivity index (χ0v) is 24.4. The van der Waals surface area contributed by atoms with Crippen molar-refractivity contribution in [1.82, 2.24) is 10.1 Å². The first-order valence-electron chi connectivity index (χ1n) is 13.1. The Kier molecular flexibility index (Phi) is 12.3. The summed E-state index contributed by atoms with van der Waals surface area (Å²) in [6, 6.07) is 0. The van der Waals surface area contributed by atoms with Gasteiger partial charge in [0, 0.05) is 72.0 Å². The van der Waals surface area contributed by atoms with Gasteiger partial charge in [0.05, 0.1) is 26.1 Å². The van der Waals surface area contributed by atoms with E-state index in [-0.39, 0.29) is 38.5 Å². The maximum Gasteiger partial charge on any atom is 0.334 e. The van der Waals surface area contributed by atoms with Crippen LogP contribution in [0.3, 0.4) is 0 Å². The third kappa shape index (κ3) is 9.88. The molecule has 0 aromatic carbocycles. The number of nitrogens with zero attached hydrogens (tertiary/aromatic N) is 5. The van der Waals surface area contributed by atoms with E-state index in [0.717, 1.165) is 0 Å². The second kappa shape index (κ2) is 15.4. The van der Waals surface area contributed by atoms with Crippen LogP contribution in [0.15, 0.2) is 5.11 Å². The van der Waals surface area contributed by atoms with Crippen LogP contribution >= 0.6 is 23.5 Å². The molecule has 41 heavy (non-hydrogen) atoms. The quantitative estimate of drug-likeness (QED) is 0.0809. The lowest BCUT2D eigenvalue weighted by Crippen LogP contribution is -2.50. The smallest absolute Gasteiger partial charge is 0.334 e. The number of imide groups is 2. The molecule has 0 bridgehead atoms. The second-order valence-corrected chi connectivity index (χ2v) is 12.2. The van der Waals surface area contributed by atoms with Crippen molar-refractivity contribution in [3.05, 3.63) is 10.4 Å². The van der Waals surface area contributed by atoms with E-state index in [2.05, 4.69) is 10.0 Å². The molecule has 3 fully saturated rings. The van der Waals surface area contributed by atoms with Crippen LogP contribution in [0, 0.1) is 5.41 Å². The van der Waals surface area contributed by atoms with Gasteiger partial charge in [-0.1, -0.05) is 5.11 Å². The van der Waals surface area contributed by atoms with Crippen LogP contribution in [0.5, 0.6) is 0 Å². The minimum absolute atomic E-state index is 0.0103. The van der Waals surface area contributed by atoms with Crippen LogP contribution < -0.4 is 0 Å². The first kappa shape index (κ1) is 32.7. The van der Waals surface area contributed by atoms with Gasteiger partial charge in [-0.15, -0.1) is 10.1 Å². The molecule has 17 heteroatoms. The van der Waals surface area contributed by atoms with Crippen LogP contribution in [0.1, 0.15) is 58.3 Å². The highest BCUT2D eigenvalue weighted by atomic mass is 32.2. The van der Waals surface area contributed by atoms with Crippen molar-refractivity contribution in [3.63, 3.8) is 0 Å². The van der Waals surface area contributed by atoms with E-state index in [1.165, 1.54) is 23.5 Å². The minimum atomic E-state index is -0.846. The standard InChI is InChI=1S/C24H33N5O10S2/c1-23(9-2-10-26-27-25)36-13-24(14-37-23,15-40-11-7-21(34)38-28-17(30)3-4-18(28)31)16-41-12-8-22(35)39-29-19(32)5-6-20(29)33/h2-16H2,1H3. The number of ether oxygens (including phenoxy) is 2. The largest absolute Gasteiger partial charge is 0.350 e. The fraction of sp³-hybridized carbons (Fsp3) is 0.750. The Morgan fingerprint density at radius 3 is 1.73 bits per heavy atom. The molecule has 0 unspecified atom stereocenters. The highest BCUT2D eigenvalue weighted by molar-refractivity contribution is 8.00. The zero-order chi connectivity index (χ0) is 29.9. The van der Waals surface area contributed by atoms with Crippen molar-refractivity contribution in [2.45, 2.75) is 64.1 Å². The van der Waals surface area contributed by atoms with Crippen molar-refractivity contribution in [3.8, 4) is 0 Å². The summed E-state index contributed by atoms with van der Waals surface area (Å²) in [6.07, 6.45) is 1.20. The third-order valence-electron chi connectivity index (χ3n) is 6.43. The van der Waals surface area contributed by atoms with E-state index in [1.54, 1.807) is 0 Å². The molecule has 0 N–H and O–H groups in total. The van der Waals surface area contributed by atoms with E-state index in [1.807, 2.05) is 6.92 Å². The van der Waals surface area contributed by atoms with Gasteiger partial charge in [-0.2, -0.15) is 23.5 Å². The summed E-state index contributed by atoms with van der Waals surface area (Å²) in [5.41, 5.74) is 8.00. The van der Waals surface area contributed by atoms with E-state index in [9.17, 15) is 28.8 Å². The number of hydrogen-bond acceptors (Lipinski definition) is 13. The molecule has 0 saturated carbocycles. The topological polar surface area (TPSA) is 195 Å².